The summed E-state index contributed by atoms with van der Waals surface area (Å²) in [4.78, 5) is 4.73. The number of aromatic nitrogens is 2. The molecule has 1 heterocycles. The van der Waals surface area contributed by atoms with Gasteiger partial charge in [-0.25, -0.2) is 4.98 Å². The largest absolute Gasteiger partial charge is 0.331 e. The summed E-state index contributed by atoms with van der Waals surface area (Å²) in [5, 5.41) is 0. The number of aryl methyl sites for hydroxylation is 4. The Kier molecular flexibility index (Phi) is 3.62. The molecule has 0 aliphatic carbocycles. The van der Waals surface area contributed by atoms with Crippen LogP contribution in [0.3, 0.4) is 0 Å². The Morgan fingerprint density at radius 2 is 1.95 bits per heavy atom. The minimum Gasteiger partial charge on any atom is -0.331 e. The molecule has 0 saturated heterocycles. The van der Waals surface area contributed by atoms with E-state index >= 15 is 0 Å². The van der Waals surface area contributed by atoms with Crippen LogP contribution in [-0.2, 0) is 19.9 Å². The zero-order valence-electron chi connectivity index (χ0n) is 11.7. The molecule has 3 rings (SSSR count). The first-order chi connectivity index (χ1) is 9.63. The van der Waals surface area contributed by atoms with Crippen LogP contribution in [0.15, 0.2) is 46.9 Å². The molecule has 3 heteroatoms. The van der Waals surface area contributed by atoms with Crippen LogP contribution < -0.4 is 0 Å². The van der Waals surface area contributed by atoms with Gasteiger partial charge in [-0.3, -0.25) is 0 Å². The van der Waals surface area contributed by atoms with E-state index in [0.717, 1.165) is 28.7 Å². The van der Waals surface area contributed by atoms with Crippen LogP contribution in [0.1, 0.15) is 17.0 Å². The quantitative estimate of drug-likeness (QED) is 0.695. The number of rotatable bonds is 3. The number of benzene rings is 2. The smallest absolute Gasteiger partial charge is 0.109 e. The van der Waals surface area contributed by atoms with Crippen molar-refractivity contribution < 1.29 is 0 Å². The van der Waals surface area contributed by atoms with Crippen molar-refractivity contribution in [3.8, 4) is 0 Å². The predicted octanol–water partition coefficient (Wildman–Crippen LogP) is 4.43. The second-order valence-corrected chi connectivity index (χ2v) is 6.12. The van der Waals surface area contributed by atoms with Crippen LogP contribution in [0.25, 0.3) is 11.0 Å². The Morgan fingerprint density at radius 3 is 2.75 bits per heavy atom. The lowest BCUT2D eigenvalue weighted by Gasteiger charge is -2.04. The van der Waals surface area contributed by atoms with Gasteiger partial charge in [0.25, 0.3) is 0 Å². The van der Waals surface area contributed by atoms with E-state index in [4.69, 9.17) is 4.98 Å². The summed E-state index contributed by atoms with van der Waals surface area (Å²) >= 11 is 3.52. The normalized spacial score (nSPS) is 11.2. The summed E-state index contributed by atoms with van der Waals surface area (Å²) < 4.78 is 3.29. The highest BCUT2D eigenvalue weighted by molar-refractivity contribution is 9.10. The summed E-state index contributed by atoms with van der Waals surface area (Å²) in [6.45, 7) is 2.14. The minimum absolute atomic E-state index is 0.965. The number of hydrogen-bond acceptors (Lipinski definition) is 1. The second kappa shape index (κ2) is 5.41. The van der Waals surface area contributed by atoms with Crippen molar-refractivity contribution in [3.05, 3.63) is 63.9 Å². The number of imidazole rings is 1. The summed E-state index contributed by atoms with van der Waals surface area (Å²) in [6, 6.07) is 14.9. The van der Waals surface area contributed by atoms with Crippen molar-refractivity contribution in [2.75, 3.05) is 0 Å². The summed E-state index contributed by atoms with van der Waals surface area (Å²) in [5.74, 6) is 1.14. The molecule has 0 fully saturated rings. The lowest BCUT2D eigenvalue weighted by molar-refractivity contribution is 0.786. The maximum atomic E-state index is 4.73. The molecule has 2 nitrogen and oxygen atoms in total. The highest BCUT2D eigenvalue weighted by Gasteiger charge is 2.08. The van der Waals surface area contributed by atoms with E-state index in [9.17, 15) is 0 Å². The van der Waals surface area contributed by atoms with Gasteiger partial charge in [-0.2, -0.15) is 0 Å². The maximum Gasteiger partial charge on any atom is 0.109 e. The summed E-state index contributed by atoms with van der Waals surface area (Å²) in [6.07, 6.45) is 1.99. The lowest BCUT2D eigenvalue weighted by atomic mass is 10.1. The molecular formula is C17H17BrN2. The summed E-state index contributed by atoms with van der Waals surface area (Å²) in [7, 11) is 2.09. The van der Waals surface area contributed by atoms with Gasteiger partial charge in [0.15, 0.2) is 0 Å². The SMILES string of the molecule is Cc1cccc(CCc2nc3ccc(Br)cc3n2C)c1. The Bertz CT molecular complexity index is 759. The fraction of sp³-hybridized carbons (Fsp3) is 0.235. The molecule has 0 aliphatic heterocycles. The van der Waals surface area contributed by atoms with Crippen molar-refractivity contribution in [1.29, 1.82) is 0 Å². The number of halogens is 1. The third-order valence-electron chi connectivity index (χ3n) is 3.66. The van der Waals surface area contributed by atoms with Gasteiger partial charge in [0.2, 0.25) is 0 Å². The first-order valence-corrected chi connectivity index (χ1v) is 7.59. The molecule has 0 unspecified atom stereocenters. The van der Waals surface area contributed by atoms with Gasteiger partial charge in [0, 0.05) is 17.9 Å². The maximum absolute atomic E-state index is 4.73. The minimum atomic E-state index is 0.965. The molecule has 0 N–H and O–H groups in total. The topological polar surface area (TPSA) is 17.8 Å². The van der Waals surface area contributed by atoms with E-state index in [2.05, 4.69) is 70.9 Å². The summed E-state index contributed by atoms with van der Waals surface area (Å²) in [5.41, 5.74) is 4.93. The van der Waals surface area contributed by atoms with Crippen LogP contribution in [0.2, 0.25) is 0 Å². The molecule has 0 spiro atoms. The second-order valence-electron chi connectivity index (χ2n) is 5.21. The van der Waals surface area contributed by atoms with Gasteiger partial charge >= 0.3 is 0 Å². The average Bonchev–Trinajstić information content (AvgIpc) is 2.73. The van der Waals surface area contributed by atoms with E-state index in [0.29, 0.717) is 0 Å². The third-order valence-corrected chi connectivity index (χ3v) is 4.15. The van der Waals surface area contributed by atoms with E-state index < -0.39 is 0 Å². The van der Waals surface area contributed by atoms with Gasteiger partial charge in [-0.1, -0.05) is 45.8 Å². The van der Waals surface area contributed by atoms with Gasteiger partial charge in [0.05, 0.1) is 11.0 Å². The molecule has 0 amide bonds. The van der Waals surface area contributed by atoms with Crippen LogP contribution in [-0.4, -0.2) is 9.55 Å². The van der Waals surface area contributed by atoms with E-state index in [1.54, 1.807) is 0 Å². The van der Waals surface area contributed by atoms with Gasteiger partial charge in [-0.05, 0) is 37.1 Å². The third kappa shape index (κ3) is 2.63. The number of hydrogen-bond donors (Lipinski definition) is 0. The molecule has 20 heavy (non-hydrogen) atoms. The van der Waals surface area contributed by atoms with Gasteiger partial charge < -0.3 is 4.57 Å². The van der Waals surface area contributed by atoms with Crippen molar-refractivity contribution in [1.82, 2.24) is 9.55 Å². The first kappa shape index (κ1) is 13.4. The molecule has 1 aromatic heterocycles. The van der Waals surface area contributed by atoms with Crippen LogP contribution in [0, 0.1) is 6.92 Å². The predicted molar refractivity (Wildman–Crippen MR) is 87.0 cm³/mol. The van der Waals surface area contributed by atoms with Gasteiger partial charge in [-0.15, -0.1) is 0 Å². The van der Waals surface area contributed by atoms with E-state index in [-0.39, 0.29) is 0 Å². The van der Waals surface area contributed by atoms with Gasteiger partial charge in [0.1, 0.15) is 5.82 Å². The molecule has 0 radical (unpaired) electrons. The monoisotopic (exact) mass is 328 g/mol. The van der Waals surface area contributed by atoms with E-state index in [1.807, 2.05) is 6.07 Å². The number of fused-ring (bicyclic) bond motifs is 1. The lowest BCUT2D eigenvalue weighted by Crippen LogP contribution is -2.00. The molecule has 3 aromatic rings. The molecular weight excluding hydrogens is 312 g/mol. The Hall–Kier alpha value is -1.61. The molecule has 2 aromatic carbocycles. The molecule has 0 atom stereocenters. The highest BCUT2D eigenvalue weighted by Crippen LogP contribution is 2.21. The standard InChI is InChI=1S/C17H17BrN2/c1-12-4-3-5-13(10-12)6-9-17-19-15-8-7-14(18)11-16(15)20(17)2/h3-5,7-8,10-11H,6,9H2,1-2H3. The fourth-order valence-corrected chi connectivity index (χ4v) is 2.91. The Balaban J connectivity index is 1.86. The van der Waals surface area contributed by atoms with Crippen LogP contribution in [0.5, 0.6) is 0 Å². The zero-order valence-corrected chi connectivity index (χ0v) is 13.3. The van der Waals surface area contributed by atoms with Crippen molar-refractivity contribution in [3.63, 3.8) is 0 Å². The van der Waals surface area contributed by atoms with Crippen LogP contribution in [0.4, 0.5) is 0 Å². The Labute approximate surface area is 127 Å². The molecule has 0 saturated carbocycles. The van der Waals surface area contributed by atoms with Crippen LogP contribution >= 0.6 is 15.9 Å². The first-order valence-electron chi connectivity index (χ1n) is 6.80. The van der Waals surface area contributed by atoms with Crippen molar-refractivity contribution in [2.45, 2.75) is 19.8 Å². The fourth-order valence-electron chi connectivity index (χ4n) is 2.56. The highest BCUT2D eigenvalue weighted by atomic mass is 79.9. The zero-order chi connectivity index (χ0) is 14.1. The Morgan fingerprint density at radius 1 is 1.10 bits per heavy atom. The van der Waals surface area contributed by atoms with Crippen molar-refractivity contribution >= 4 is 27.0 Å². The molecule has 0 aliphatic rings. The van der Waals surface area contributed by atoms with Crippen molar-refractivity contribution in [2.24, 2.45) is 7.05 Å². The molecule has 102 valence electrons. The number of nitrogens with zero attached hydrogens (tertiary/aromatic N) is 2. The average molecular weight is 329 g/mol. The molecule has 0 bridgehead atoms. The van der Waals surface area contributed by atoms with E-state index in [1.165, 1.54) is 16.6 Å².